The van der Waals surface area contributed by atoms with E-state index in [-0.39, 0.29) is 17.4 Å². The number of ether oxygens (including phenoxy) is 1. The highest BCUT2D eigenvalue weighted by atomic mass is 16.5. The minimum absolute atomic E-state index is 0.0174. The molecule has 1 heterocycles. The molecule has 2 nitrogen and oxygen atoms in total. The van der Waals surface area contributed by atoms with Gasteiger partial charge in [0, 0.05) is 28.3 Å². The summed E-state index contributed by atoms with van der Waals surface area (Å²) in [5, 5.41) is 8.89. The van der Waals surface area contributed by atoms with E-state index < -0.39 is 0 Å². The van der Waals surface area contributed by atoms with Crippen molar-refractivity contribution in [1.29, 1.82) is 0 Å². The number of hydrogen-bond donors (Lipinski definition) is 1. The van der Waals surface area contributed by atoms with Crippen LogP contribution in [0.2, 0.25) is 0 Å². The fraction of sp³-hybridized carbons (Fsp3) is 0.143. The predicted octanol–water partition coefficient (Wildman–Crippen LogP) is 8.71. The summed E-state index contributed by atoms with van der Waals surface area (Å²) in [4.78, 5) is 0. The monoisotopic (exact) mass is 477 g/mol. The first kappa shape index (κ1) is 20.8. The molecule has 0 spiro atoms. The average molecular weight is 478 g/mol. The van der Waals surface area contributed by atoms with E-state index in [2.05, 4.69) is 128 Å². The maximum Gasteiger partial charge on any atom is 0.128 e. The summed E-state index contributed by atoms with van der Waals surface area (Å²) in [5.74, 6) is 1.20. The van der Waals surface area contributed by atoms with E-state index in [1.807, 2.05) is 0 Å². The maximum absolute atomic E-state index is 6.32. The fourth-order valence-corrected chi connectivity index (χ4v) is 6.74. The molecule has 2 heteroatoms. The van der Waals surface area contributed by atoms with E-state index in [1.54, 1.807) is 0 Å². The van der Waals surface area contributed by atoms with Crippen molar-refractivity contribution in [3.05, 3.63) is 132 Å². The van der Waals surface area contributed by atoms with Crippen LogP contribution in [-0.4, -0.2) is 6.10 Å². The van der Waals surface area contributed by atoms with Gasteiger partial charge in [0.2, 0.25) is 0 Å². The zero-order chi connectivity index (χ0) is 24.7. The second-order valence-corrected chi connectivity index (χ2v) is 11.0. The lowest BCUT2D eigenvalue weighted by atomic mass is 9.82. The van der Waals surface area contributed by atoms with Crippen LogP contribution in [-0.2, 0) is 5.41 Å². The van der Waals surface area contributed by atoms with Crippen LogP contribution in [0.4, 0.5) is 5.69 Å². The van der Waals surface area contributed by atoms with Crippen molar-refractivity contribution >= 4 is 27.2 Å². The van der Waals surface area contributed by atoms with Gasteiger partial charge in [0.1, 0.15) is 11.9 Å². The second kappa shape index (κ2) is 7.36. The van der Waals surface area contributed by atoms with Crippen molar-refractivity contribution in [3.8, 4) is 16.9 Å². The Bertz CT molecular complexity index is 1820. The molecule has 0 saturated heterocycles. The Labute approximate surface area is 216 Å². The Morgan fingerprint density at radius 1 is 0.757 bits per heavy atom. The van der Waals surface area contributed by atoms with Gasteiger partial charge >= 0.3 is 0 Å². The zero-order valence-electron chi connectivity index (χ0n) is 21.0. The molecule has 37 heavy (non-hydrogen) atoms. The van der Waals surface area contributed by atoms with Gasteiger partial charge in [0.15, 0.2) is 0 Å². The molecule has 1 N–H and O–H groups in total. The van der Waals surface area contributed by atoms with Crippen molar-refractivity contribution in [3.63, 3.8) is 0 Å². The van der Waals surface area contributed by atoms with Crippen LogP contribution >= 0.6 is 0 Å². The molecule has 2 unspecified atom stereocenters. The highest BCUT2D eigenvalue weighted by molar-refractivity contribution is 6.03. The van der Waals surface area contributed by atoms with Gasteiger partial charge in [-0.25, -0.2) is 0 Å². The molecule has 178 valence electrons. The minimum Gasteiger partial charge on any atom is -0.485 e. The first-order valence-electron chi connectivity index (χ1n) is 13.1. The number of rotatable bonds is 2. The van der Waals surface area contributed by atoms with Crippen molar-refractivity contribution in [2.75, 3.05) is 5.32 Å². The summed E-state index contributed by atoms with van der Waals surface area (Å²) in [6.07, 6.45) is 6.74. The van der Waals surface area contributed by atoms with E-state index in [0.717, 1.165) is 17.1 Å². The van der Waals surface area contributed by atoms with E-state index in [9.17, 15) is 0 Å². The third-order valence-corrected chi connectivity index (χ3v) is 8.56. The van der Waals surface area contributed by atoms with Gasteiger partial charge in [0.25, 0.3) is 0 Å². The van der Waals surface area contributed by atoms with Gasteiger partial charge in [-0.05, 0) is 80.2 Å². The Morgan fingerprint density at radius 3 is 2.35 bits per heavy atom. The normalized spacial score (nSPS) is 20.1. The SMILES string of the molecule is CC1(C)c2ccc(NC3=CC4c5c(ccc6ccccc56)OC4C=C3)cc2-c2c1ccc1ccccc21. The zero-order valence-corrected chi connectivity index (χ0v) is 21.0. The summed E-state index contributed by atoms with van der Waals surface area (Å²) < 4.78 is 6.32. The van der Waals surface area contributed by atoms with Crippen LogP contribution < -0.4 is 10.1 Å². The van der Waals surface area contributed by atoms with Crippen LogP contribution in [0.15, 0.2) is 115 Å². The number of allylic oxidation sites excluding steroid dienone is 1. The first-order chi connectivity index (χ1) is 18.1. The summed E-state index contributed by atoms with van der Waals surface area (Å²) in [5.41, 5.74) is 9.01. The molecule has 3 aliphatic rings. The second-order valence-electron chi connectivity index (χ2n) is 11.0. The molecule has 0 aromatic heterocycles. The fourth-order valence-electron chi connectivity index (χ4n) is 6.74. The molecule has 5 aromatic carbocycles. The predicted molar refractivity (Wildman–Crippen MR) is 153 cm³/mol. The van der Waals surface area contributed by atoms with Crippen molar-refractivity contribution in [2.24, 2.45) is 0 Å². The quantitative estimate of drug-likeness (QED) is 0.274. The molecule has 0 bridgehead atoms. The van der Waals surface area contributed by atoms with Gasteiger partial charge in [0.05, 0.1) is 0 Å². The van der Waals surface area contributed by atoms with E-state index in [0.29, 0.717) is 0 Å². The number of hydrogen-bond acceptors (Lipinski definition) is 2. The third kappa shape index (κ3) is 2.93. The Kier molecular flexibility index (Phi) is 4.15. The molecular formula is C35H27NO. The van der Waals surface area contributed by atoms with Gasteiger partial charge < -0.3 is 10.1 Å². The Morgan fingerprint density at radius 2 is 1.49 bits per heavy atom. The van der Waals surface area contributed by atoms with Crippen molar-refractivity contribution in [2.45, 2.75) is 31.3 Å². The lowest BCUT2D eigenvalue weighted by Gasteiger charge is -2.22. The number of benzene rings is 5. The van der Waals surface area contributed by atoms with Crippen LogP contribution in [0.3, 0.4) is 0 Å². The molecule has 8 rings (SSSR count). The van der Waals surface area contributed by atoms with Crippen LogP contribution in [0.5, 0.6) is 5.75 Å². The van der Waals surface area contributed by atoms with Gasteiger partial charge in [-0.3, -0.25) is 0 Å². The molecule has 0 amide bonds. The van der Waals surface area contributed by atoms with Gasteiger partial charge in [-0.2, -0.15) is 0 Å². The molecular weight excluding hydrogens is 450 g/mol. The van der Waals surface area contributed by atoms with E-state index >= 15 is 0 Å². The van der Waals surface area contributed by atoms with E-state index in [4.69, 9.17) is 4.74 Å². The Balaban J connectivity index is 1.20. The molecule has 0 saturated carbocycles. The van der Waals surface area contributed by atoms with Crippen molar-refractivity contribution < 1.29 is 4.74 Å². The minimum atomic E-state index is -0.0174. The maximum atomic E-state index is 6.32. The van der Waals surface area contributed by atoms with Crippen LogP contribution in [0, 0.1) is 0 Å². The number of nitrogens with one attached hydrogen (secondary N) is 1. The summed E-state index contributed by atoms with van der Waals surface area (Å²) >= 11 is 0. The topological polar surface area (TPSA) is 21.3 Å². The van der Waals surface area contributed by atoms with Crippen LogP contribution in [0.25, 0.3) is 32.7 Å². The first-order valence-corrected chi connectivity index (χ1v) is 13.1. The lowest BCUT2D eigenvalue weighted by Crippen LogP contribution is -2.19. The van der Waals surface area contributed by atoms with E-state index in [1.165, 1.54) is 49.4 Å². The largest absolute Gasteiger partial charge is 0.485 e. The summed E-state index contributed by atoms with van der Waals surface area (Å²) in [6, 6.07) is 33.1. The molecule has 2 atom stereocenters. The smallest absolute Gasteiger partial charge is 0.128 e. The third-order valence-electron chi connectivity index (χ3n) is 8.56. The van der Waals surface area contributed by atoms with Gasteiger partial charge in [-0.15, -0.1) is 0 Å². The molecule has 0 radical (unpaired) electrons. The molecule has 5 aromatic rings. The highest BCUT2D eigenvalue weighted by Gasteiger charge is 2.37. The number of fused-ring (bicyclic) bond motifs is 10. The lowest BCUT2D eigenvalue weighted by molar-refractivity contribution is 0.268. The molecule has 1 aliphatic heterocycles. The standard InChI is InChI=1S/C35H27NO/c1-35(2)29-16-13-23(19-27(29)33-25-9-5-3-7-21(25)11-15-30(33)35)36-24-14-18-31-28(20-24)34-26-10-6-4-8-22(26)12-17-32(34)37-31/h3-20,28,31,36H,1-2H3. The molecule has 0 fully saturated rings. The highest BCUT2D eigenvalue weighted by Crippen LogP contribution is 2.52. The van der Waals surface area contributed by atoms with Gasteiger partial charge in [-0.1, -0.05) is 86.6 Å². The average Bonchev–Trinajstić information content (AvgIpc) is 3.41. The molecule has 2 aliphatic carbocycles. The van der Waals surface area contributed by atoms with Crippen molar-refractivity contribution in [1.82, 2.24) is 0 Å². The summed E-state index contributed by atoms with van der Waals surface area (Å²) in [6.45, 7) is 4.68. The number of anilines is 1. The summed E-state index contributed by atoms with van der Waals surface area (Å²) in [7, 11) is 0. The van der Waals surface area contributed by atoms with Crippen LogP contribution in [0.1, 0.15) is 36.5 Å². The Hall–Kier alpha value is -4.30.